The maximum absolute atomic E-state index is 4.98. The summed E-state index contributed by atoms with van der Waals surface area (Å²) in [5.41, 5.74) is 0. The summed E-state index contributed by atoms with van der Waals surface area (Å²) in [6.07, 6.45) is 2.32. The molecule has 4 heteroatoms. The number of rotatable bonds is 7. The van der Waals surface area contributed by atoms with Crippen LogP contribution < -0.4 is 5.32 Å². The number of halogens is 1. The molecule has 0 aliphatic carbocycles. The number of unbranched alkanes of at least 4 members (excludes halogenated alkanes) is 1. The van der Waals surface area contributed by atoms with Crippen molar-refractivity contribution in [3.63, 3.8) is 0 Å². The molecule has 0 amide bonds. The van der Waals surface area contributed by atoms with E-state index < -0.39 is 0 Å². The van der Waals surface area contributed by atoms with E-state index in [-0.39, 0.29) is 0 Å². The first kappa shape index (κ1) is 12.2. The quantitative estimate of drug-likeness (QED) is 0.774. The average Bonchev–Trinajstić information content (AvgIpc) is 2.58. The van der Waals surface area contributed by atoms with Crippen molar-refractivity contribution in [3.05, 3.63) is 20.8 Å². The van der Waals surface area contributed by atoms with E-state index in [1.165, 1.54) is 15.8 Å². The zero-order valence-corrected chi connectivity index (χ0v) is 10.8. The van der Waals surface area contributed by atoms with Crippen LogP contribution in [-0.2, 0) is 11.3 Å². The van der Waals surface area contributed by atoms with Crippen LogP contribution in [-0.4, -0.2) is 20.3 Å². The smallest absolute Gasteiger partial charge is 0.0462 e. The minimum Gasteiger partial charge on any atom is -0.385 e. The Kier molecular flexibility index (Phi) is 6.43. The largest absolute Gasteiger partial charge is 0.385 e. The molecule has 0 aliphatic heterocycles. The van der Waals surface area contributed by atoms with Crippen LogP contribution in [0.5, 0.6) is 0 Å². The molecule has 0 bridgehead atoms. The molecule has 1 aromatic heterocycles. The number of hydrogen-bond donors (Lipinski definition) is 1. The average molecular weight is 278 g/mol. The van der Waals surface area contributed by atoms with Gasteiger partial charge in [-0.1, -0.05) is 0 Å². The summed E-state index contributed by atoms with van der Waals surface area (Å²) >= 11 is 5.23. The number of thiophene rings is 1. The molecule has 1 N–H and O–H groups in total. The summed E-state index contributed by atoms with van der Waals surface area (Å²) in [5.74, 6) is 0. The van der Waals surface area contributed by atoms with E-state index in [0.29, 0.717) is 0 Å². The predicted molar refractivity (Wildman–Crippen MR) is 64.8 cm³/mol. The van der Waals surface area contributed by atoms with Crippen molar-refractivity contribution >= 4 is 27.3 Å². The molecular formula is C10H16BrNOS. The first-order chi connectivity index (χ1) is 6.83. The minimum absolute atomic E-state index is 0.867. The lowest BCUT2D eigenvalue weighted by Crippen LogP contribution is -2.14. The van der Waals surface area contributed by atoms with Crippen LogP contribution in [0.4, 0.5) is 0 Å². The molecule has 0 saturated carbocycles. The molecule has 0 spiro atoms. The highest BCUT2D eigenvalue weighted by molar-refractivity contribution is 9.10. The number of hydrogen-bond acceptors (Lipinski definition) is 3. The van der Waals surface area contributed by atoms with Crippen molar-refractivity contribution in [1.29, 1.82) is 0 Å². The van der Waals surface area contributed by atoms with Crippen LogP contribution in [0.1, 0.15) is 17.7 Å². The Bertz CT molecular complexity index is 252. The zero-order valence-electron chi connectivity index (χ0n) is 8.38. The van der Waals surface area contributed by atoms with Gasteiger partial charge in [-0.2, -0.15) is 0 Å². The first-order valence-corrected chi connectivity index (χ1v) is 6.43. The molecule has 0 aromatic carbocycles. The van der Waals surface area contributed by atoms with Crippen molar-refractivity contribution < 1.29 is 4.74 Å². The van der Waals surface area contributed by atoms with Crippen molar-refractivity contribution in [3.8, 4) is 0 Å². The Morgan fingerprint density at radius 2 is 2.36 bits per heavy atom. The van der Waals surface area contributed by atoms with Gasteiger partial charge in [-0.25, -0.2) is 0 Å². The van der Waals surface area contributed by atoms with Crippen LogP contribution in [0.3, 0.4) is 0 Å². The topological polar surface area (TPSA) is 21.3 Å². The van der Waals surface area contributed by atoms with Gasteiger partial charge in [0, 0.05) is 35.0 Å². The summed E-state index contributed by atoms with van der Waals surface area (Å²) in [5, 5.41) is 5.52. The van der Waals surface area contributed by atoms with Crippen LogP contribution >= 0.6 is 27.3 Å². The molecule has 1 rings (SSSR count). The monoisotopic (exact) mass is 277 g/mol. The third kappa shape index (κ3) is 5.10. The molecule has 0 atom stereocenters. The van der Waals surface area contributed by atoms with Gasteiger partial charge in [-0.3, -0.25) is 0 Å². The van der Waals surface area contributed by atoms with Crippen molar-refractivity contribution in [1.82, 2.24) is 5.32 Å². The second-order valence-electron chi connectivity index (χ2n) is 3.11. The normalized spacial score (nSPS) is 10.7. The fourth-order valence-corrected chi connectivity index (χ4v) is 2.58. The Balaban J connectivity index is 1.99. The molecule has 0 radical (unpaired) electrons. The second-order valence-corrected chi connectivity index (χ2v) is 5.02. The molecule has 0 unspecified atom stereocenters. The van der Waals surface area contributed by atoms with E-state index in [9.17, 15) is 0 Å². The summed E-state index contributed by atoms with van der Waals surface area (Å²) in [6.45, 7) is 2.91. The Labute approximate surface area is 97.8 Å². The first-order valence-electron chi connectivity index (χ1n) is 4.75. The highest BCUT2D eigenvalue weighted by Gasteiger charge is 1.96. The summed E-state index contributed by atoms with van der Waals surface area (Å²) < 4.78 is 6.16. The van der Waals surface area contributed by atoms with E-state index in [1.807, 2.05) is 0 Å². The maximum Gasteiger partial charge on any atom is 0.0462 e. The summed E-state index contributed by atoms with van der Waals surface area (Å²) in [6, 6.07) is 2.16. The molecule has 0 aliphatic rings. The molecule has 0 saturated heterocycles. The standard InChI is InChI=1S/C10H16BrNOS/c1-13-5-3-2-4-12-7-10-6-9(11)8-14-10/h6,8,12H,2-5,7H2,1H3. The van der Waals surface area contributed by atoms with Gasteiger partial charge in [0.2, 0.25) is 0 Å². The zero-order chi connectivity index (χ0) is 10.2. The molecule has 80 valence electrons. The lowest BCUT2D eigenvalue weighted by atomic mass is 10.3. The van der Waals surface area contributed by atoms with E-state index in [1.54, 1.807) is 18.4 Å². The molecule has 2 nitrogen and oxygen atoms in total. The third-order valence-corrected chi connectivity index (χ3v) is 3.57. The Morgan fingerprint density at radius 3 is 3.00 bits per heavy atom. The second kappa shape index (κ2) is 7.40. The molecule has 0 fully saturated rings. The number of methoxy groups -OCH3 is 1. The van der Waals surface area contributed by atoms with Crippen LogP contribution in [0.2, 0.25) is 0 Å². The van der Waals surface area contributed by atoms with E-state index in [4.69, 9.17) is 4.74 Å². The molecular weight excluding hydrogens is 262 g/mol. The number of ether oxygens (including phenoxy) is 1. The maximum atomic E-state index is 4.98. The van der Waals surface area contributed by atoms with Gasteiger partial charge < -0.3 is 10.1 Å². The van der Waals surface area contributed by atoms with Gasteiger partial charge in [-0.15, -0.1) is 11.3 Å². The van der Waals surface area contributed by atoms with Gasteiger partial charge in [0.25, 0.3) is 0 Å². The van der Waals surface area contributed by atoms with Crippen molar-refractivity contribution in [2.75, 3.05) is 20.3 Å². The van der Waals surface area contributed by atoms with Crippen molar-refractivity contribution in [2.45, 2.75) is 19.4 Å². The summed E-state index contributed by atoms with van der Waals surface area (Å²) in [4.78, 5) is 1.38. The molecule has 1 aromatic rings. The van der Waals surface area contributed by atoms with Gasteiger partial charge in [0.05, 0.1) is 0 Å². The highest BCUT2D eigenvalue weighted by Crippen LogP contribution is 2.19. The number of nitrogens with one attached hydrogen (secondary N) is 1. The third-order valence-electron chi connectivity index (χ3n) is 1.87. The molecule has 1 heterocycles. The van der Waals surface area contributed by atoms with Crippen LogP contribution in [0.25, 0.3) is 0 Å². The van der Waals surface area contributed by atoms with Gasteiger partial charge in [0.1, 0.15) is 0 Å². The fraction of sp³-hybridized carbons (Fsp3) is 0.600. The fourth-order valence-electron chi connectivity index (χ4n) is 1.15. The van der Waals surface area contributed by atoms with Gasteiger partial charge in [0.15, 0.2) is 0 Å². The Morgan fingerprint density at radius 1 is 1.50 bits per heavy atom. The summed E-state index contributed by atoms with van der Waals surface area (Å²) in [7, 11) is 1.75. The van der Waals surface area contributed by atoms with Crippen LogP contribution in [0.15, 0.2) is 15.9 Å². The van der Waals surface area contributed by atoms with Gasteiger partial charge in [-0.05, 0) is 41.4 Å². The van der Waals surface area contributed by atoms with E-state index >= 15 is 0 Å². The SMILES string of the molecule is COCCCCNCc1cc(Br)cs1. The predicted octanol–water partition coefficient (Wildman–Crippen LogP) is 3.03. The minimum atomic E-state index is 0.867. The lowest BCUT2D eigenvalue weighted by Gasteiger charge is -2.02. The molecule has 14 heavy (non-hydrogen) atoms. The van der Waals surface area contributed by atoms with Gasteiger partial charge >= 0.3 is 0 Å². The van der Waals surface area contributed by atoms with Crippen LogP contribution in [0, 0.1) is 0 Å². The van der Waals surface area contributed by atoms with E-state index in [0.717, 1.165) is 26.1 Å². The highest BCUT2D eigenvalue weighted by atomic mass is 79.9. The lowest BCUT2D eigenvalue weighted by molar-refractivity contribution is 0.192. The van der Waals surface area contributed by atoms with Crippen molar-refractivity contribution in [2.24, 2.45) is 0 Å². The Hall–Kier alpha value is 0.1000. The van der Waals surface area contributed by atoms with E-state index in [2.05, 4.69) is 32.7 Å².